The van der Waals surface area contributed by atoms with E-state index < -0.39 is 11.9 Å². The van der Waals surface area contributed by atoms with Gasteiger partial charge < -0.3 is 24.9 Å². The fourth-order valence-corrected chi connectivity index (χ4v) is 4.28. The molecule has 1 aromatic carbocycles. The smallest absolute Gasteiger partial charge is 0.328 e. The monoisotopic (exact) mass is 513 g/mol. The molecule has 0 spiro atoms. The average Bonchev–Trinajstić information content (AvgIpc) is 3.28. The van der Waals surface area contributed by atoms with Crippen LogP contribution in [0.25, 0.3) is 0 Å². The minimum Gasteiger partial charge on any atom is -0.478 e. The molecule has 2 fully saturated rings. The van der Waals surface area contributed by atoms with E-state index in [2.05, 4.69) is 4.90 Å². The Morgan fingerprint density at radius 1 is 0.971 bits per heavy atom. The van der Waals surface area contributed by atoms with Crippen LogP contribution in [0.5, 0.6) is 0 Å². The molecule has 2 saturated heterocycles. The second-order valence-corrected chi connectivity index (χ2v) is 8.96. The summed E-state index contributed by atoms with van der Waals surface area (Å²) in [5, 5.41) is 16.6. The van der Waals surface area contributed by atoms with Gasteiger partial charge in [-0.1, -0.05) is 29.3 Å². The number of piperazine rings is 1. The van der Waals surface area contributed by atoms with Gasteiger partial charge in [-0.25, -0.2) is 9.59 Å². The van der Waals surface area contributed by atoms with Crippen LogP contribution >= 0.6 is 23.2 Å². The number of likely N-dealkylation sites (tertiary alicyclic amines) is 1. The topological polar surface area (TPSA) is 118 Å². The maximum Gasteiger partial charge on any atom is 0.328 e. The molecule has 2 aliphatic rings. The van der Waals surface area contributed by atoms with Crippen molar-refractivity contribution < 1.29 is 29.4 Å². The summed E-state index contributed by atoms with van der Waals surface area (Å²) in [7, 11) is 0. The number of rotatable bonds is 6. The molecule has 34 heavy (non-hydrogen) atoms. The van der Waals surface area contributed by atoms with Crippen LogP contribution in [0, 0.1) is 0 Å². The quantitative estimate of drug-likeness (QED) is 0.560. The SMILES string of the molecule is CC(=O)N1CCN(C(=O)Cc2ccc(Cl)c(Cl)c2)C(CN2CCCC2)C1.O=C(O)C=CC(=O)O. The van der Waals surface area contributed by atoms with Crippen LogP contribution in [0.2, 0.25) is 10.0 Å². The number of carboxylic acid groups (broad SMARTS) is 2. The summed E-state index contributed by atoms with van der Waals surface area (Å²) < 4.78 is 0. The third-order valence-corrected chi connectivity index (χ3v) is 6.36. The highest BCUT2D eigenvalue weighted by molar-refractivity contribution is 6.42. The molecule has 0 bridgehead atoms. The second-order valence-electron chi connectivity index (χ2n) is 8.15. The molecular weight excluding hydrogens is 485 g/mol. The maximum atomic E-state index is 13.0. The number of carboxylic acids is 2. The lowest BCUT2D eigenvalue weighted by molar-refractivity contribution is -0.142. The third-order valence-electron chi connectivity index (χ3n) is 5.62. The van der Waals surface area contributed by atoms with Gasteiger partial charge in [0.1, 0.15) is 0 Å². The van der Waals surface area contributed by atoms with Gasteiger partial charge in [0, 0.05) is 45.3 Å². The van der Waals surface area contributed by atoms with Crippen LogP contribution < -0.4 is 0 Å². The number of hydrogen-bond acceptors (Lipinski definition) is 5. The molecule has 3 rings (SSSR count). The number of halogens is 2. The number of nitrogens with zero attached hydrogens (tertiary/aromatic N) is 3. The zero-order chi connectivity index (χ0) is 25.3. The summed E-state index contributed by atoms with van der Waals surface area (Å²) in [4.78, 5) is 50.1. The van der Waals surface area contributed by atoms with E-state index in [4.69, 9.17) is 33.4 Å². The highest BCUT2D eigenvalue weighted by atomic mass is 35.5. The first-order valence-corrected chi connectivity index (χ1v) is 11.7. The molecule has 2 amide bonds. The van der Waals surface area contributed by atoms with Gasteiger partial charge in [0.2, 0.25) is 11.8 Å². The van der Waals surface area contributed by atoms with Crippen molar-refractivity contribution in [1.29, 1.82) is 0 Å². The number of carbonyl (C=O) groups excluding carboxylic acids is 2. The molecule has 11 heteroatoms. The van der Waals surface area contributed by atoms with Crippen LogP contribution in [0.1, 0.15) is 25.3 Å². The van der Waals surface area contributed by atoms with Crippen molar-refractivity contribution in [2.75, 3.05) is 39.3 Å². The normalized spacial score (nSPS) is 18.5. The van der Waals surface area contributed by atoms with Crippen molar-refractivity contribution in [3.63, 3.8) is 0 Å². The number of aliphatic carboxylic acids is 2. The Labute approximate surface area is 208 Å². The van der Waals surface area contributed by atoms with Crippen molar-refractivity contribution >= 4 is 47.0 Å². The molecule has 0 aromatic heterocycles. The Hall–Kier alpha value is -2.62. The molecule has 0 aliphatic carbocycles. The molecule has 2 N–H and O–H groups in total. The van der Waals surface area contributed by atoms with Gasteiger partial charge in [0.25, 0.3) is 0 Å². The largest absolute Gasteiger partial charge is 0.478 e. The maximum absolute atomic E-state index is 13.0. The molecule has 9 nitrogen and oxygen atoms in total. The van der Waals surface area contributed by atoms with Gasteiger partial charge in [-0.15, -0.1) is 0 Å². The number of hydrogen-bond donors (Lipinski definition) is 2. The summed E-state index contributed by atoms with van der Waals surface area (Å²) in [6, 6.07) is 5.36. The van der Waals surface area contributed by atoms with Crippen LogP contribution in [-0.2, 0) is 25.6 Å². The zero-order valence-corrected chi connectivity index (χ0v) is 20.5. The minimum absolute atomic E-state index is 0.0426. The van der Waals surface area contributed by atoms with E-state index in [1.165, 1.54) is 12.8 Å². The Morgan fingerprint density at radius 2 is 1.59 bits per heavy atom. The van der Waals surface area contributed by atoms with Crippen molar-refractivity contribution in [2.24, 2.45) is 0 Å². The van der Waals surface area contributed by atoms with Crippen molar-refractivity contribution in [3.8, 4) is 0 Å². The molecule has 1 aromatic rings. The summed E-state index contributed by atoms with van der Waals surface area (Å²) in [6.45, 7) is 6.37. The zero-order valence-electron chi connectivity index (χ0n) is 19.0. The lowest BCUT2D eigenvalue weighted by Crippen LogP contribution is -2.59. The van der Waals surface area contributed by atoms with Crippen molar-refractivity contribution in [3.05, 3.63) is 46.0 Å². The Kier molecular flexibility index (Phi) is 10.8. The number of carbonyl (C=O) groups is 4. The fourth-order valence-electron chi connectivity index (χ4n) is 3.96. The molecule has 0 saturated carbocycles. The van der Waals surface area contributed by atoms with Crippen LogP contribution in [0.4, 0.5) is 0 Å². The lowest BCUT2D eigenvalue weighted by Gasteiger charge is -2.42. The predicted molar refractivity (Wildman–Crippen MR) is 128 cm³/mol. The second kappa shape index (κ2) is 13.3. The van der Waals surface area contributed by atoms with Gasteiger partial charge in [0.15, 0.2) is 0 Å². The predicted octanol–water partition coefficient (Wildman–Crippen LogP) is 2.40. The molecular formula is C23H29Cl2N3O6. The van der Waals surface area contributed by atoms with E-state index in [0.717, 1.165) is 25.2 Å². The highest BCUT2D eigenvalue weighted by Gasteiger charge is 2.33. The lowest BCUT2D eigenvalue weighted by atomic mass is 10.1. The summed E-state index contributed by atoms with van der Waals surface area (Å²) in [5.74, 6) is -2.36. The summed E-state index contributed by atoms with van der Waals surface area (Å²) in [6.07, 6.45) is 3.83. The highest BCUT2D eigenvalue weighted by Crippen LogP contribution is 2.24. The van der Waals surface area contributed by atoms with Gasteiger partial charge in [-0.05, 0) is 43.6 Å². The summed E-state index contributed by atoms with van der Waals surface area (Å²) >= 11 is 12.0. The number of amides is 2. The van der Waals surface area contributed by atoms with Crippen molar-refractivity contribution in [2.45, 2.75) is 32.2 Å². The third kappa shape index (κ3) is 8.96. The van der Waals surface area contributed by atoms with E-state index in [0.29, 0.717) is 48.3 Å². The standard InChI is InChI=1S/C19H25Cl2N3O2.C4H4O4/c1-14(25)23-8-9-24(16(13-23)12-22-6-2-3-7-22)19(26)11-15-4-5-17(20)18(21)10-15;5-3(6)1-2-4(7)8/h4-5,10,16H,2-3,6-9,11-13H2,1H3;1-2H,(H,5,6)(H,7,8). The first-order chi connectivity index (χ1) is 16.1. The van der Waals surface area contributed by atoms with Crippen LogP contribution in [0.15, 0.2) is 30.4 Å². The first kappa shape index (κ1) is 27.6. The molecule has 186 valence electrons. The molecule has 1 unspecified atom stereocenters. The van der Waals surface area contributed by atoms with Crippen LogP contribution in [0.3, 0.4) is 0 Å². The molecule has 2 heterocycles. The first-order valence-electron chi connectivity index (χ1n) is 10.9. The average molecular weight is 514 g/mol. The Balaban J connectivity index is 0.000000440. The minimum atomic E-state index is -1.26. The van der Waals surface area contributed by atoms with Gasteiger partial charge in [-0.2, -0.15) is 0 Å². The number of benzene rings is 1. The fraction of sp³-hybridized carbons (Fsp3) is 0.478. The molecule has 1 atom stereocenters. The summed E-state index contributed by atoms with van der Waals surface area (Å²) in [5.41, 5.74) is 0.860. The van der Waals surface area contributed by atoms with Crippen molar-refractivity contribution in [1.82, 2.24) is 14.7 Å². The van der Waals surface area contributed by atoms with Gasteiger partial charge in [0.05, 0.1) is 22.5 Å². The van der Waals surface area contributed by atoms with E-state index in [1.54, 1.807) is 19.1 Å². The van der Waals surface area contributed by atoms with Gasteiger partial charge >= 0.3 is 11.9 Å². The Bertz CT molecular complexity index is 917. The van der Waals surface area contributed by atoms with E-state index in [9.17, 15) is 19.2 Å². The van der Waals surface area contributed by atoms with E-state index in [-0.39, 0.29) is 17.9 Å². The van der Waals surface area contributed by atoms with Gasteiger partial charge in [-0.3, -0.25) is 9.59 Å². The van der Waals surface area contributed by atoms with Crippen LogP contribution in [-0.4, -0.2) is 94.0 Å². The molecule has 0 radical (unpaired) electrons. The Morgan fingerprint density at radius 3 is 2.12 bits per heavy atom. The van der Waals surface area contributed by atoms with E-state index >= 15 is 0 Å². The van der Waals surface area contributed by atoms with E-state index in [1.807, 2.05) is 15.9 Å². The molecule has 2 aliphatic heterocycles.